The molecule has 192 valence electrons. The third-order valence-corrected chi connectivity index (χ3v) is 5.68. The van der Waals surface area contributed by atoms with Crippen molar-refractivity contribution in [1.82, 2.24) is 4.57 Å². The molecule has 0 radical (unpaired) electrons. The zero-order valence-corrected chi connectivity index (χ0v) is 20.2. The summed E-state index contributed by atoms with van der Waals surface area (Å²) in [4.78, 5) is 27.8. The average molecular weight is 510 g/mol. The second-order valence-electron chi connectivity index (χ2n) is 7.72. The molecule has 0 bridgehead atoms. The van der Waals surface area contributed by atoms with Crippen molar-refractivity contribution in [1.29, 1.82) is 0 Å². The third-order valence-electron chi connectivity index (χ3n) is 5.68. The van der Waals surface area contributed by atoms with Gasteiger partial charge < -0.3 is 19.1 Å². The van der Waals surface area contributed by atoms with E-state index in [4.69, 9.17) is 14.6 Å². The zero-order chi connectivity index (χ0) is 27.4. The predicted molar refractivity (Wildman–Crippen MR) is 134 cm³/mol. The lowest BCUT2D eigenvalue weighted by Gasteiger charge is -2.11. The van der Waals surface area contributed by atoms with E-state index in [0.29, 0.717) is 12.1 Å². The quantitative estimate of drug-likeness (QED) is 0.267. The van der Waals surface area contributed by atoms with Crippen LogP contribution in [0.5, 0.6) is 17.2 Å². The molecule has 3 aromatic carbocycles. The van der Waals surface area contributed by atoms with E-state index < -0.39 is 37.6 Å². The summed E-state index contributed by atoms with van der Waals surface area (Å²) in [7, 11) is 5.41. The topological polar surface area (TPSA) is 173 Å². The minimum atomic E-state index is -1.21. The predicted octanol–water partition coefficient (Wildman–Crippen LogP) is 5.29. The van der Waals surface area contributed by atoms with E-state index in [1.807, 2.05) is 12.1 Å². The van der Waals surface area contributed by atoms with Crippen LogP contribution in [0, 0.1) is 37.3 Å². The first-order chi connectivity index (χ1) is 17.5. The molecule has 13 heteroatoms. The number of nitrogens with zero attached hydrogens (tertiary/aromatic N) is 4. The molecule has 13 nitrogen and oxygen atoms in total. The second-order valence-corrected chi connectivity index (χ2v) is 7.72. The van der Waals surface area contributed by atoms with E-state index >= 15 is 0 Å². The Bertz CT molecular complexity index is 1450. The number of phenolic OH excluding ortho intramolecular Hbond substituents is 1. The van der Waals surface area contributed by atoms with Crippen molar-refractivity contribution in [3.63, 3.8) is 0 Å². The van der Waals surface area contributed by atoms with Gasteiger partial charge in [-0.3, -0.25) is 30.3 Å². The molecule has 4 aromatic rings. The molecule has 0 fully saturated rings. The van der Waals surface area contributed by atoms with Gasteiger partial charge in [0.25, 0.3) is 11.4 Å². The Kier molecular flexibility index (Phi) is 7.56. The molecule has 0 saturated heterocycles. The molecule has 1 aromatic heterocycles. The van der Waals surface area contributed by atoms with Crippen LogP contribution < -0.4 is 9.47 Å². The van der Waals surface area contributed by atoms with Crippen LogP contribution in [-0.2, 0) is 7.05 Å². The Morgan fingerprint density at radius 1 is 0.811 bits per heavy atom. The summed E-state index contributed by atoms with van der Waals surface area (Å²) in [6, 6.07) is 15.4. The molecule has 0 atom stereocenters. The fourth-order valence-electron chi connectivity index (χ4n) is 3.95. The lowest BCUT2D eigenvalue weighted by molar-refractivity contribution is -0.404. The number of aromatic nitrogens is 1. The molecule has 4 rings (SSSR count). The van der Waals surface area contributed by atoms with E-state index in [1.165, 1.54) is 22.2 Å². The van der Waals surface area contributed by atoms with Crippen molar-refractivity contribution >= 4 is 28.0 Å². The number of ether oxygens (including phenoxy) is 2. The number of non-ortho nitro benzene ring substituents is 1. The van der Waals surface area contributed by atoms with Gasteiger partial charge in [0, 0.05) is 23.5 Å². The highest BCUT2D eigenvalue weighted by Gasteiger charge is 2.30. The molecule has 0 aliphatic heterocycles. The van der Waals surface area contributed by atoms with Crippen LogP contribution in [0.1, 0.15) is 5.56 Å². The van der Waals surface area contributed by atoms with Crippen LogP contribution in [-0.4, -0.2) is 38.7 Å². The van der Waals surface area contributed by atoms with E-state index in [1.54, 1.807) is 14.2 Å². The lowest BCUT2D eigenvalue weighted by atomic mass is 10.1. The maximum atomic E-state index is 10.4. The number of rotatable bonds is 6. The first-order valence-electron chi connectivity index (χ1n) is 10.6. The number of nitro groups is 3. The van der Waals surface area contributed by atoms with Crippen molar-refractivity contribution in [3.8, 4) is 28.5 Å². The van der Waals surface area contributed by atoms with Crippen LogP contribution in [0.15, 0.2) is 54.6 Å². The Morgan fingerprint density at radius 3 is 1.86 bits per heavy atom. The minimum Gasteiger partial charge on any atom is -0.497 e. The molecular weight excluding hydrogens is 488 g/mol. The third kappa shape index (κ3) is 5.10. The maximum Gasteiger partial charge on any atom is 0.324 e. The zero-order valence-electron chi connectivity index (χ0n) is 20.2. The molecule has 0 saturated carbocycles. The van der Waals surface area contributed by atoms with E-state index in [-0.39, 0.29) is 0 Å². The molecule has 0 amide bonds. The first kappa shape index (κ1) is 26.4. The molecule has 0 aliphatic carbocycles. The van der Waals surface area contributed by atoms with Gasteiger partial charge in [0.15, 0.2) is 11.5 Å². The van der Waals surface area contributed by atoms with Gasteiger partial charge in [-0.25, -0.2) is 0 Å². The van der Waals surface area contributed by atoms with Gasteiger partial charge in [0.2, 0.25) is 0 Å². The van der Waals surface area contributed by atoms with Crippen molar-refractivity contribution in [2.24, 2.45) is 7.05 Å². The number of aryl methyl sites for hydroxylation is 2. The molecule has 1 heterocycles. The van der Waals surface area contributed by atoms with Gasteiger partial charge in [-0.05, 0) is 36.8 Å². The van der Waals surface area contributed by atoms with Crippen LogP contribution >= 0.6 is 0 Å². The van der Waals surface area contributed by atoms with Gasteiger partial charge >= 0.3 is 11.4 Å². The van der Waals surface area contributed by atoms with Gasteiger partial charge in [0.05, 0.1) is 46.8 Å². The van der Waals surface area contributed by atoms with Gasteiger partial charge in [0.1, 0.15) is 0 Å². The van der Waals surface area contributed by atoms with Crippen LogP contribution in [0.3, 0.4) is 0 Å². The SMILES string of the molecule is COc1ccc(-c2c(C)c3ccccc3n2C)cc1OC.O=[N+]([O-])c1cc([N+](=O)[O-])c(O)c([N+](=O)[O-])c1. The normalized spacial score (nSPS) is 10.4. The highest BCUT2D eigenvalue weighted by molar-refractivity contribution is 5.91. The number of para-hydroxylation sites is 1. The summed E-state index contributed by atoms with van der Waals surface area (Å²) in [5.41, 5.74) is 1.85. The summed E-state index contributed by atoms with van der Waals surface area (Å²) < 4.78 is 13.0. The summed E-state index contributed by atoms with van der Waals surface area (Å²) in [5, 5.41) is 41.5. The van der Waals surface area contributed by atoms with Crippen LogP contribution in [0.2, 0.25) is 0 Å². The number of phenols is 1. The Morgan fingerprint density at radius 2 is 1.38 bits per heavy atom. The second kappa shape index (κ2) is 10.6. The van der Waals surface area contributed by atoms with Crippen molar-refractivity contribution < 1.29 is 29.4 Å². The maximum absolute atomic E-state index is 10.4. The first-order valence-corrected chi connectivity index (χ1v) is 10.6. The minimum absolute atomic E-state index is 0.447. The number of methoxy groups -OCH3 is 2. The summed E-state index contributed by atoms with van der Waals surface area (Å²) in [6.07, 6.45) is 0. The number of aromatic hydroxyl groups is 1. The summed E-state index contributed by atoms with van der Waals surface area (Å²) in [6.45, 7) is 2.16. The van der Waals surface area contributed by atoms with E-state index in [9.17, 15) is 30.3 Å². The van der Waals surface area contributed by atoms with Crippen LogP contribution in [0.4, 0.5) is 17.1 Å². The number of hydrogen-bond acceptors (Lipinski definition) is 9. The molecule has 1 N–H and O–H groups in total. The van der Waals surface area contributed by atoms with Crippen molar-refractivity contribution in [3.05, 3.63) is 90.5 Å². The van der Waals surface area contributed by atoms with E-state index in [2.05, 4.69) is 48.9 Å². The number of fused-ring (bicyclic) bond motifs is 1. The highest BCUT2D eigenvalue weighted by Crippen LogP contribution is 2.39. The lowest BCUT2D eigenvalue weighted by Crippen LogP contribution is -1.97. The highest BCUT2D eigenvalue weighted by atomic mass is 16.6. The average Bonchev–Trinajstić information content (AvgIpc) is 3.13. The Balaban J connectivity index is 0.000000214. The fourth-order valence-corrected chi connectivity index (χ4v) is 3.95. The van der Waals surface area contributed by atoms with Gasteiger partial charge in [-0.2, -0.15) is 0 Å². The fraction of sp³-hybridized carbons (Fsp3) is 0.167. The molecule has 37 heavy (non-hydrogen) atoms. The molecule has 0 aliphatic rings. The number of nitro benzene ring substituents is 3. The van der Waals surface area contributed by atoms with E-state index in [0.717, 1.165) is 17.1 Å². The summed E-state index contributed by atoms with van der Waals surface area (Å²) in [5.74, 6) is 0.290. The molecular formula is C24H22N4O9. The van der Waals surface area contributed by atoms with Crippen molar-refractivity contribution in [2.45, 2.75) is 6.92 Å². The monoisotopic (exact) mass is 510 g/mol. The van der Waals surface area contributed by atoms with Gasteiger partial charge in [-0.15, -0.1) is 0 Å². The smallest absolute Gasteiger partial charge is 0.324 e. The van der Waals surface area contributed by atoms with Crippen molar-refractivity contribution in [2.75, 3.05) is 14.2 Å². The van der Waals surface area contributed by atoms with Gasteiger partial charge in [-0.1, -0.05) is 18.2 Å². The number of benzene rings is 3. The Hall–Kier alpha value is -5.20. The molecule has 0 unspecified atom stereocenters. The largest absolute Gasteiger partial charge is 0.497 e. The Labute approximate surface area is 209 Å². The van der Waals surface area contributed by atoms with Crippen LogP contribution in [0.25, 0.3) is 22.2 Å². The molecule has 0 spiro atoms. The number of hydrogen-bond donors (Lipinski definition) is 1. The summed E-state index contributed by atoms with van der Waals surface area (Å²) >= 11 is 0. The standard InChI is InChI=1S/C18H19NO2.C6H3N3O7/c1-12-14-7-5-6-8-15(14)19(2)18(12)13-9-10-16(20-3)17(11-13)21-4;10-6-4(8(13)14)1-3(7(11)12)2-5(6)9(15)16/h5-11H,1-4H3;1-2,10H.